The number of methoxy groups -OCH3 is 1. The van der Waals surface area contributed by atoms with E-state index in [1.54, 1.807) is 0 Å². The van der Waals surface area contributed by atoms with Crippen LogP contribution in [0.4, 0.5) is 11.4 Å². The molecule has 0 fully saturated rings. The molecule has 9 heteroatoms. The van der Waals surface area contributed by atoms with Gasteiger partial charge < -0.3 is 15.8 Å². The smallest absolute Gasteiger partial charge is 0.320 e. The van der Waals surface area contributed by atoms with Crippen LogP contribution < -0.4 is 11.1 Å². The molecule has 110 valence electrons. The summed E-state index contributed by atoms with van der Waals surface area (Å²) in [5.74, 6) is -3.46. The van der Waals surface area contributed by atoms with Crippen LogP contribution in [0.25, 0.3) is 0 Å². The lowest BCUT2D eigenvalue weighted by molar-refractivity contribution is -0.137. The third kappa shape index (κ3) is 5.06. The lowest BCUT2D eigenvalue weighted by Crippen LogP contribution is -2.28. The molecule has 7 nitrogen and oxygen atoms in total. The molecule has 0 aliphatic heterocycles. The van der Waals surface area contributed by atoms with Gasteiger partial charge in [0, 0.05) is 5.02 Å². The Labute approximate surface area is 121 Å². The number of esters is 1. The van der Waals surface area contributed by atoms with Crippen LogP contribution in [0.1, 0.15) is 0 Å². The largest absolute Gasteiger partial charge is 0.468 e. The van der Waals surface area contributed by atoms with E-state index in [2.05, 4.69) is 10.1 Å². The molecule has 1 amide bonds. The van der Waals surface area contributed by atoms with E-state index in [4.69, 9.17) is 17.3 Å². The predicted octanol–water partition coefficient (Wildman–Crippen LogP) is 0.448. The van der Waals surface area contributed by atoms with E-state index in [-0.39, 0.29) is 11.4 Å². The van der Waals surface area contributed by atoms with Gasteiger partial charge in [0.2, 0.25) is 5.91 Å². The molecule has 0 heterocycles. The summed E-state index contributed by atoms with van der Waals surface area (Å²) >= 11 is 5.73. The van der Waals surface area contributed by atoms with E-state index >= 15 is 0 Å². The van der Waals surface area contributed by atoms with Crippen molar-refractivity contribution in [1.82, 2.24) is 0 Å². The van der Waals surface area contributed by atoms with Crippen molar-refractivity contribution in [3.05, 3.63) is 23.2 Å². The second-order valence-electron chi connectivity index (χ2n) is 3.89. The average Bonchev–Trinajstić information content (AvgIpc) is 2.32. The third-order valence-corrected chi connectivity index (χ3v) is 3.82. The average molecular weight is 321 g/mol. The van der Waals surface area contributed by atoms with Crippen molar-refractivity contribution in [3.63, 3.8) is 0 Å². The van der Waals surface area contributed by atoms with Gasteiger partial charge in [0.25, 0.3) is 0 Å². The van der Waals surface area contributed by atoms with E-state index in [1.807, 2.05) is 0 Å². The normalized spacial score (nSPS) is 10.9. The minimum atomic E-state index is -3.90. The molecule has 0 saturated heterocycles. The number of halogens is 1. The Kier molecular flexibility index (Phi) is 5.34. The molecule has 0 spiro atoms. The number of nitrogens with two attached hydrogens (primary N) is 1. The molecule has 1 aromatic carbocycles. The van der Waals surface area contributed by atoms with Crippen LogP contribution in [0.15, 0.2) is 18.2 Å². The van der Waals surface area contributed by atoms with Gasteiger partial charge in [-0.3, -0.25) is 9.59 Å². The Morgan fingerprint density at radius 2 is 2.00 bits per heavy atom. The van der Waals surface area contributed by atoms with E-state index in [1.165, 1.54) is 18.2 Å². The number of sulfone groups is 1. The first kappa shape index (κ1) is 16.3. The summed E-state index contributed by atoms with van der Waals surface area (Å²) in [6, 6.07) is 4.39. The maximum atomic E-state index is 11.6. The highest BCUT2D eigenvalue weighted by Gasteiger charge is 2.21. The molecule has 1 aromatic rings. The van der Waals surface area contributed by atoms with Crippen LogP contribution in [0.2, 0.25) is 5.02 Å². The Morgan fingerprint density at radius 1 is 1.35 bits per heavy atom. The number of nitrogens with one attached hydrogen (secondary N) is 1. The highest BCUT2D eigenvalue weighted by molar-refractivity contribution is 7.92. The number of hydrogen-bond donors (Lipinski definition) is 2. The first-order valence-corrected chi connectivity index (χ1v) is 7.55. The number of nitrogen functional groups attached to an aromatic ring is 1. The SMILES string of the molecule is COC(=O)CS(=O)(=O)CC(=O)Nc1cc(Cl)ccc1N. The minimum Gasteiger partial charge on any atom is -0.468 e. The molecule has 0 saturated carbocycles. The van der Waals surface area contributed by atoms with E-state index in [0.717, 1.165) is 7.11 Å². The van der Waals surface area contributed by atoms with Crippen molar-refractivity contribution in [2.75, 3.05) is 29.7 Å². The van der Waals surface area contributed by atoms with Crippen molar-refractivity contribution in [2.24, 2.45) is 0 Å². The van der Waals surface area contributed by atoms with Crippen LogP contribution in [-0.2, 0) is 24.2 Å². The molecule has 0 aliphatic rings. The summed E-state index contributed by atoms with van der Waals surface area (Å²) < 4.78 is 27.3. The number of benzene rings is 1. The number of ether oxygens (including phenoxy) is 1. The lowest BCUT2D eigenvalue weighted by atomic mass is 10.2. The Balaban J connectivity index is 2.73. The zero-order valence-corrected chi connectivity index (χ0v) is 12.1. The van der Waals surface area contributed by atoms with Gasteiger partial charge in [0.15, 0.2) is 9.84 Å². The van der Waals surface area contributed by atoms with E-state index in [0.29, 0.717) is 5.02 Å². The van der Waals surface area contributed by atoms with Crippen molar-refractivity contribution in [3.8, 4) is 0 Å². The number of anilines is 2. The number of carbonyl (C=O) groups is 2. The Hall–Kier alpha value is -1.80. The zero-order chi connectivity index (χ0) is 15.3. The third-order valence-electron chi connectivity index (χ3n) is 2.21. The number of carbonyl (C=O) groups excluding carboxylic acids is 2. The number of amides is 1. The predicted molar refractivity (Wildman–Crippen MR) is 75.2 cm³/mol. The van der Waals surface area contributed by atoms with Gasteiger partial charge in [-0.15, -0.1) is 0 Å². The van der Waals surface area contributed by atoms with Crippen molar-refractivity contribution < 1.29 is 22.7 Å². The number of hydrogen-bond acceptors (Lipinski definition) is 6. The maximum Gasteiger partial charge on any atom is 0.320 e. The quantitative estimate of drug-likeness (QED) is 0.601. The standard InChI is InChI=1S/C11H13ClN2O5S/c1-19-11(16)6-20(17,18)5-10(15)14-9-4-7(12)2-3-8(9)13/h2-4H,5-6,13H2,1H3,(H,14,15). The fraction of sp³-hybridized carbons (Fsp3) is 0.273. The van der Waals surface area contributed by atoms with Gasteiger partial charge in [-0.25, -0.2) is 8.42 Å². The summed E-state index contributed by atoms with van der Waals surface area (Å²) in [5.41, 5.74) is 6.05. The summed E-state index contributed by atoms with van der Waals surface area (Å²) in [6.07, 6.45) is 0. The molecular formula is C11H13ClN2O5S. The monoisotopic (exact) mass is 320 g/mol. The molecule has 0 bridgehead atoms. The van der Waals surface area contributed by atoms with Gasteiger partial charge >= 0.3 is 5.97 Å². The van der Waals surface area contributed by atoms with E-state index < -0.39 is 33.2 Å². The molecule has 0 unspecified atom stereocenters. The second-order valence-corrected chi connectivity index (χ2v) is 6.39. The Bertz CT molecular complexity index is 630. The fourth-order valence-electron chi connectivity index (χ4n) is 1.31. The fourth-order valence-corrected chi connectivity index (χ4v) is 2.54. The molecule has 1 rings (SSSR count). The Morgan fingerprint density at radius 3 is 2.60 bits per heavy atom. The summed E-state index contributed by atoms with van der Waals surface area (Å²) in [5, 5.41) is 2.66. The maximum absolute atomic E-state index is 11.6. The van der Waals surface area contributed by atoms with Crippen LogP contribution in [0, 0.1) is 0 Å². The molecule has 0 aromatic heterocycles. The molecule has 0 atom stereocenters. The van der Waals surface area contributed by atoms with E-state index in [9.17, 15) is 18.0 Å². The topological polar surface area (TPSA) is 116 Å². The highest BCUT2D eigenvalue weighted by Crippen LogP contribution is 2.22. The lowest BCUT2D eigenvalue weighted by Gasteiger charge is -2.08. The van der Waals surface area contributed by atoms with Crippen molar-refractivity contribution in [1.29, 1.82) is 0 Å². The summed E-state index contributed by atoms with van der Waals surface area (Å²) in [7, 11) is -2.84. The van der Waals surface area contributed by atoms with Gasteiger partial charge in [0.05, 0.1) is 18.5 Å². The first-order valence-electron chi connectivity index (χ1n) is 5.35. The first-order chi connectivity index (χ1) is 9.23. The molecular weight excluding hydrogens is 308 g/mol. The van der Waals surface area contributed by atoms with Crippen LogP contribution >= 0.6 is 11.6 Å². The zero-order valence-electron chi connectivity index (χ0n) is 10.6. The van der Waals surface area contributed by atoms with Gasteiger partial charge in [-0.2, -0.15) is 0 Å². The second kappa shape index (κ2) is 6.58. The minimum absolute atomic E-state index is 0.204. The summed E-state index contributed by atoms with van der Waals surface area (Å²) in [6.45, 7) is 0. The summed E-state index contributed by atoms with van der Waals surface area (Å²) in [4.78, 5) is 22.5. The van der Waals surface area contributed by atoms with Crippen molar-refractivity contribution >= 4 is 44.7 Å². The van der Waals surface area contributed by atoms with Crippen LogP contribution in [-0.4, -0.2) is 38.9 Å². The molecule has 0 radical (unpaired) electrons. The highest BCUT2D eigenvalue weighted by atomic mass is 35.5. The number of rotatable bonds is 5. The molecule has 0 aliphatic carbocycles. The van der Waals surface area contributed by atoms with Gasteiger partial charge in [0.1, 0.15) is 11.5 Å². The van der Waals surface area contributed by atoms with Gasteiger partial charge in [-0.1, -0.05) is 11.6 Å². The van der Waals surface area contributed by atoms with Crippen LogP contribution in [0.3, 0.4) is 0 Å². The van der Waals surface area contributed by atoms with Crippen molar-refractivity contribution in [2.45, 2.75) is 0 Å². The molecule has 3 N–H and O–H groups in total. The molecule has 20 heavy (non-hydrogen) atoms. The van der Waals surface area contributed by atoms with Gasteiger partial charge in [-0.05, 0) is 18.2 Å². The van der Waals surface area contributed by atoms with Crippen LogP contribution in [0.5, 0.6) is 0 Å².